The van der Waals surface area contributed by atoms with Gasteiger partial charge in [0.15, 0.2) is 11.5 Å². The van der Waals surface area contributed by atoms with Gasteiger partial charge in [0.25, 0.3) is 0 Å². The average Bonchev–Trinajstić information content (AvgIpc) is 2.67. The van der Waals surface area contributed by atoms with Crippen molar-refractivity contribution in [2.45, 2.75) is 13.3 Å². The van der Waals surface area contributed by atoms with Crippen LogP contribution in [0, 0.1) is 11.3 Å². The molecule has 0 aliphatic carbocycles. The standard InChI is InChI=1S/C19H17BrN4O4/c1-2-28-16-10-13(9-15(20)17(16)25)11-22-24-19(27)18(26)23-14-5-3-12(4-6-14)7-8-21/h3-6,9-11,25H,2,7H2,1H3,(H,23,26)(H,24,27)/b22-11+. The predicted octanol–water partition coefficient (Wildman–Crippen LogP) is 2.71. The molecule has 2 aromatic rings. The van der Waals surface area contributed by atoms with E-state index in [9.17, 15) is 14.7 Å². The summed E-state index contributed by atoms with van der Waals surface area (Å²) in [7, 11) is 0. The molecule has 2 amide bonds. The third-order valence-corrected chi connectivity index (χ3v) is 4.04. The minimum Gasteiger partial charge on any atom is -0.503 e. The molecule has 0 radical (unpaired) electrons. The molecular formula is C19H17BrN4O4. The van der Waals surface area contributed by atoms with Gasteiger partial charge in [-0.2, -0.15) is 10.4 Å². The maximum atomic E-state index is 11.9. The van der Waals surface area contributed by atoms with E-state index in [2.05, 4.69) is 31.8 Å². The smallest absolute Gasteiger partial charge is 0.329 e. The summed E-state index contributed by atoms with van der Waals surface area (Å²) in [5.41, 5.74) is 3.90. The number of rotatable bonds is 6. The van der Waals surface area contributed by atoms with Gasteiger partial charge >= 0.3 is 11.8 Å². The van der Waals surface area contributed by atoms with Crippen molar-refractivity contribution in [3.63, 3.8) is 0 Å². The lowest BCUT2D eigenvalue weighted by atomic mass is 10.1. The van der Waals surface area contributed by atoms with Crippen molar-refractivity contribution in [3.05, 3.63) is 52.0 Å². The van der Waals surface area contributed by atoms with Gasteiger partial charge < -0.3 is 15.2 Å². The van der Waals surface area contributed by atoms with Crippen LogP contribution in [0.2, 0.25) is 0 Å². The Kier molecular flexibility index (Phi) is 7.54. The number of hydrazone groups is 1. The Morgan fingerprint density at radius 3 is 2.64 bits per heavy atom. The SMILES string of the molecule is CCOc1cc(/C=N/NC(=O)C(=O)Nc2ccc(CC#N)cc2)cc(Br)c1O. The molecule has 9 heteroatoms. The van der Waals surface area contributed by atoms with E-state index >= 15 is 0 Å². The molecule has 0 unspecified atom stereocenters. The van der Waals surface area contributed by atoms with Crippen LogP contribution in [0.4, 0.5) is 5.69 Å². The Labute approximate surface area is 169 Å². The molecule has 0 aliphatic heterocycles. The van der Waals surface area contributed by atoms with E-state index in [0.717, 1.165) is 5.56 Å². The molecule has 0 fully saturated rings. The number of nitriles is 1. The van der Waals surface area contributed by atoms with E-state index in [1.807, 2.05) is 6.07 Å². The zero-order valence-corrected chi connectivity index (χ0v) is 16.5. The third kappa shape index (κ3) is 5.82. The predicted molar refractivity (Wildman–Crippen MR) is 107 cm³/mol. The first-order valence-electron chi connectivity index (χ1n) is 8.20. The number of phenols is 1. The van der Waals surface area contributed by atoms with E-state index in [1.54, 1.807) is 43.3 Å². The highest BCUT2D eigenvalue weighted by molar-refractivity contribution is 9.10. The molecular weight excluding hydrogens is 428 g/mol. The van der Waals surface area contributed by atoms with Crippen molar-refractivity contribution in [2.24, 2.45) is 5.10 Å². The van der Waals surface area contributed by atoms with Gasteiger partial charge in [-0.15, -0.1) is 0 Å². The zero-order chi connectivity index (χ0) is 20.5. The highest BCUT2D eigenvalue weighted by Crippen LogP contribution is 2.35. The fourth-order valence-corrected chi connectivity index (χ4v) is 2.59. The summed E-state index contributed by atoms with van der Waals surface area (Å²) in [6.45, 7) is 2.15. The number of ether oxygens (including phenoxy) is 1. The Hall–Kier alpha value is -3.38. The second-order valence-electron chi connectivity index (χ2n) is 5.47. The van der Waals surface area contributed by atoms with Crippen LogP contribution in [0.25, 0.3) is 0 Å². The second-order valence-corrected chi connectivity index (χ2v) is 6.32. The average molecular weight is 445 g/mol. The number of nitrogens with zero attached hydrogens (tertiary/aromatic N) is 2. The van der Waals surface area contributed by atoms with E-state index in [1.165, 1.54) is 6.21 Å². The zero-order valence-electron chi connectivity index (χ0n) is 14.9. The summed E-state index contributed by atoms with van der Waals surface area (Å²) in [5, 5.41) is 24.7. The minimum absolute atomic E-state index is 0.0387. The first-order valence-corrected chi connectivity index (χ1v) is 8.99. The Morgan fingerprint density at radius 1 is 1.29 bits per heavy atom. The highest BCUT2D eigenvalue weighted by Gasteiger charge is 2.13. The number of hydrogen-bond acceptors (Lipinski definition) is 6. The van der Waals surface area contributed by atoms with Crippen molar-refractivity contribution in [1.82, 2.24) is 5.43 Å². The van der Waals surface area contributed by atoms with E-state index in [-0.39, 0.29) is 17.9 Å². The molecule has 2 aromatic carbocycles. The summed E-state index contributed by atoms with van der Waals surface area (Å²) in [6.07, 6.45) is 1.58. The first kappa shape index (κ1) is 20.9. The van der Waals surface area contributed by atoms with Crippen molar-refractivity contribution in [2.75, 3.05) is 11.9 Å². The number of benzene rings is 2. The summed E-state index contributed by atoms with van der Waals surface area (Å²) >= 11 is 3.20. The molecule has 0 aromatic heterocycles. The van der Waals surface area contributed by atoms with Gasteiger partial charge in [-0.3, -0.25) is 9.59 Å². The maximum Gasteiger partial charge on any atom is 0.329 e. The van der Waals surface area contributed by atoms with Crippen LogP contribution >= 0.6 is 15.9 Å². The maximum absolute atomic E-state index is 11.9. The Balaban J connectivity index is 1.95. The fourth-order valence-electron chi connectivity index (χ4n) is 2.14. The Bertz CT molecular complexity index is 936. The molecule has 0 aliphatic rings. The van der Waals surface area contributed by atoms with Gasteiger partial charge in [0.1, 0.15) is 0 Å². The molecule has 144 valence electrons. The number of amides is 2. The van der Waals surface area contributed by atoms with Gasteiger partial charge in [-0.05, 0) is 58.2 Å². The number of carbonyl (C=O) groups is 2. The fraction of sp³-hybridized carbons (Fsp3) is 0.158. The molecule has 8 nitrogen and oxygen atoms in total. The van der Waals surface area contributed by atoms with Crippen molar-refractivity contribution in [3.8, 4) is 17.6 Å². The molecule has 0 saturated heterocycles. The minimum atomic E-state index is -0.944. The molecule has 2 rings (SSSR count). The molecule has 0 heterocycles. The van der Waals surface area contributed by atoms with Crippen LogP contribution in [-0.2, 0) is 16.0 Å². The van der Waals surface area contributed by atoms with Crippen molar-refractivity contribution >= 4 is 39.6 Å². The van der Waals surface area contributed by atoms with Gasteiger partial charge in [0, 0.05) is 5.69 Å². The number of phenolic OH excluding ortho intramolecular Hbond substituents is 1. The first-order chi connectivity index (χ1) is 13.4. The molecule has 0 spiro atoms. The number of aromatic hydroxyl groups is 1. The summed E-state index contributed by atoms with van der Waals surface area (Å²) < 4.78 is 5.71. The van der Waals surface area contributed by atoms with Gasteiger partial charge in [0.2, 0.25) is 0 Å². The van der Waals surface area contributed by atoms with E-state index in [4.69, 9.17) is 10.00 Å². The van der Waals surface area contributed by atoms with Crippen molar-refractivity contribution < 1.29 is 19.4 Å². The number of hydrogen-bond donors (Lipinski definition) is 3. The highest BCUT2D eigenvalue weighted by atomic mass is 79.9. The molecule has 0 saturated carbocycles. The lowest BCUT2D eigenvalue weighted by molar-refractivity contribution is -0.136. The van der Waals surface area contributed by atoms with E-state index < -0.39 is 11.8 Å². The van der Waals surface area contributed by atoms with Crippen LogP contribution in [0.1, 0.15) is 18.1 Å². The number of anilines is 1. The monoisotopic (exact) mass is 444 g/mol. The van der Waals surface area contributed by atoms with Crippen LogP contribution in [-0.4, -0.2) is 29.7 Å². The van der Waals surface area contributed by atoms with Gasteiger partial charge in [-0.1, -0.05) is 12.1 Å². The second kappa shape index (κ2) is 10.1. The summed E-state index contributed by atoms with van der Waals surface area (Å²) in [5.74, 6) is -1.60. The van der Waals surface area contributed by atoms with Gasteiger partial charge in [0.05, 0.1) is 29.8 Å². The molecule has 28 heavy (non-hydrogen) atoms. The summed E-state index contributed by atoms with van der Waals surface area (Å²) in [4.78, 5) is 23.7. The molecule has 3 N–H and O–H groups in total. The number of nitrogens with one attached hydrogen (secondary N) is 2. The van der Waals surface area contributed by atoms with E-state index in [0.29, 0.717) is 22.3 Å². The lowest BCUT2D eigenvalue weighted by Crippen LogP contribution is -2.32. The normalized spacial score (nSPS) is 10.3. The number of carbonyl (C=O) groups excluding carboxylic acids is 2. The topological polar surface area (TPSA) is 124 Å². The lowest BCUT2D eigenvalue weighted by Gasteiger charge is -2.08. The van der Waals surface area contributed by atoms with Crippen LogP contribution in [0.5, 0.6) is 11.5 Å². The molecule has 0 bridgehead atoms. The van der Waals surface area contributed by atoms with Crippen LogP contribution in [0.15, 0.2) is 46.0 Å². The largest absolute Gasteiger partial charge is 0.503 e. The van der Waals surface area contributed by atoms with Crippen molar-refractivity contribution in [1.29, 1.82) is 5.26 Å². The third-order valence-electron chi connectivity index (χ3n) is 3.43. The molecule has 0 atom stereocenters. The van der Waals surface area contributed by atoms with Crippen LogP contribution < -0.4 is 15.5 Å². The van der Waals surface area contributed by atoms with Gasteiger partial charge in [-0.25, -0.2) is 5.43 Å². The quantitative estimate of drug-likeness (QED) is 0.358. The number of halogens is 1. The van der Waals surface area contributed by atoms with Crippen LogP contribution in [0.3, 0.4) is 0 Å². The summed E-state index contributed by atoms with van der Waals surface area (Å²) in [6, 6.07) is 11.7. The Morgan fingerprint density at radius 2 is 2.00 bits per heavy atom.